The summed E-state index contributed by atoms with van der Waals surface area (Å²) in [7, 11) is 1.82. The Morgan fingerprint density at radius 2 is 2.10 bits per heavy atom. The second-order valence-electron chi connectivity index (χ2n) is 4.22. The molecule has 2 N–H and O–H groups in total. The van der Waals surface area contributed by atoms with E-state index in [1.165, 1.54) is 0 Å². The topological polar surface area (TPSA) is 49.8 Å². The Hall–Kier alpha value is -1.72. The average molecular weight is 307 g/mol. The number of aromatic nitrogens is 2. The predicted molar refractivity (Wildman–Crippen MR) is 87.5 cm³/mol. The van der Waals surface area contributed by atoms with Gasteiger partial charge in [0.2, 0.25) is 0 Å². The van der Waals surface area contributed by atoms with Crippen molar-refractivity contribution in [3.05, 3.63) is 52.9 Å². The van der Waals surface area contributed by atoms with Crippen LogP contribution in [0.15, 0.2) is 36.7 Å². The summed E-state index contributed by atoms with van der Waals surface area (Å²) < 4.78 is 0. The molecule has 0 aliphatic heterocycles. The second-order valence-corrected chi connectivity index (χ2v) is 5.14. The molecule has 20 heavy (non-hydrogen) atoms. The van der Waals surface area contributed by atoms with Crippen molar-refractivity contribution in [2.75, 3.05) is 12.4 Å². The third-order valence-corrected chi connectivity index (χ3v) is 3.08. The quantitative estimate of drug-likeness (QED) is 0.755. The molecule has 0 aliphatic carbocycles. The molecule has 2 aromatic rings. The van der Waals surface area contributed by atoms with Crippen LogP contribution >= 0.6 is 24.2 Å². The SMILES string of the molecule is CN/C=C(\S)c1cc(C)cc(Nc2cc(Cl)ccn2)n1. The zero-order valence-corrected chi connectivity index (χ0v) is 12.8. The van der Waals surface area contributed by atoms with Gasteiger partial charge in [-0.05, 0) is 36.8 Å². The Bertz CT molecular complexity index is 643. The lowest BCUT2D eigenvalue weighted by atomic mass is 10.2. The summed E-state index contributed by atoms with van der Waals surface area (Å²) in [5.74, 6) is 1.35. The lowest BCUT2D eigenvalue weighted by Gasteiger charge is -2.09. The van der Waals surface area contributed by atoms with E-state index in [1.807, 2.05) is 26.1 Å². The van der Waals surface area contributed by atoms with Crippen LogP contribution in [0.4, 0.5) is 11.6 Å². The standard InChI is InChI=1S/C14H15ClN4S/c1-9-5-11(12(20)8-16-2)18-14(6-9)19-13-7-10(15)3-4-17-13/h3-8,16,20H,1-2H3,(H,17,18,19)/b12-8-. The fourth-order valence-corrected chi connectivity index (χ4v) is 2.08. The highest BCUT2D eigenvalue weighted by atomic mass is 35.5. The third-order valence-electron chi connectivity index (χ3n) is 2.49. The van der Waals surface area contributed by atoms with Crippen LogP contribution in [-0.4, -0.2) is 17.0 Å². The van der Waals surface area contributed by atoms with Crippen molar-refractivity contribution in [2.24, 2.45) is 0 Å². The molecule has 6 heteroatoms. The number of thiol groups is 1. The highest BCUT2D eigenvalue weighted by Crippen LogP contribution is 2.22. The molecule has 0 amide bonds. The summed E-state index contributed by atoms with van der Waals surface area (Å²) in [4.78, 5) is 9.45. The Morgan fingerprint density at radius 3 is 2.80 bits per heavy atom. The molecule has 0 unspecified atom stereocenters. The number of halogens is 1. The molecule has 104 valence electrons. The Labute approximate surface area is 128 Å². The molecule has 0 spiro atoms. The van der Waals surface area contributed by atoms with E-state index < -0.39 is 0 Å². The summed E-state index contributed by atoms with van der Waals surface area (Å²) in [6.07, 6.45) is 3.43. The van der Waals surface area contributed by atoms with Crippen LogP contribution in [-0.2, 0) is 0 Å². The lowest BCUT2D eigenvalue weighted by molar-refractivity contribution is 1.11. The van der Waals surface area contributed by atoms with Gasteiger partial charge in [0.1, 0.15) is 11.6 Å². The van der Waals surface area contributed by atoms with E-state index in [0.29, 0.717) is 16.7 Å². The van der Waals surface area contributed by atoms with Gasteiger partial charge in [-0.2, -0.15) is 0 Å². The van der Waals surface area contributed by atoms with Crippen LogP contribution in [0, 0.1) is 6.92 Å². The molecule has 0 aromatic carbocycles. The number of nitrogens with zero attached hydrogens (tertiary/aromatic N) is 2. The Kier molecular flexibility index (Phi) is 4.87. The highest BCUT2D eigenvalue weighted by Gasteiger charge is 2.04. The minimum atomic E-state index is 0.625. The predicted octanol–water partition coefficient (Wildman–Crippen LogP) is 3.63. The van der Waals surface area contributed by atoms with Gasteiger partial charge in [0.05, 0.1) is 5.69 Å². The van der Waals surface area contributed by atoms with Crippen molar-refractivity contribution >= 4 is 40.8 Å². The Morgan fingerprint density at radius 1 is 1.30 bits per heavy atom. The van der Waals surface area contributed by atoms with E-state index >= 15 is 0 Å². The third kappa shape index (κ3) is 3.88. The smallest absolute Gasteiger partial charge is 0.132 e. The van der Waals surface area contributed by atoms with Gasteiger partial charge in [0.25, 0.3) is 0 Å². The van der Waals surface area contributed by atoms with Gasteiger partial charge in [-0.15, -0.1) is 12.6 Å². The van der Waals surface area contributed by atoms with Gasteiger partial charge in [0.15, 0.2) is 0 Å². The number of hydrogen-bond donors (Lipinski definition) is 3. The maximum absolute atomic E-state index is 5.94. The molecule has 4 nitrogen and oxygen atoms in total. The van der Waals surface area contributed by atoms with Crippen molar-refractivity contribution in [1.82, 2.24) is 15.3 Å². The van der Waals surface area contributed by atoms with Crippen LogP contribution in [0.1, 0.15) is 11.3 Å². The van der Waals surface area contributed by atoms with Gasteiger partial charge in [-0.3, -0.25) is 0 Å². The van der Waals surface area contributed by atoms with Crippen molar-refractivity contribution in [3.8, 4) is 0 Å². The zero-order valence-electron chi connectivity index (χ0n) is 11.2. The molecule has 0 radical (unpaired) electrons. The maximum atomic E-state index is 5.94. The fourth-order valence-electron chi connectivity index (χ4n) is 1.68. The molecule has 0 aliphatic rings. The van der Waals surface area contributed by atoms with E-state index in [9.17, 15) is 0 Å². The minimum Gasteiger partial charge on any atom is -0.393 e. The number of pyridine rings is 2. The van der Waals surface area contributed by atoms with Crippen molar-refractivity contribution in [2.45, 2.75) is 6.92 Å². The number of hydrogen-bond acceptors (Lipinski definition) is 5. The zero-order chi connectivity index (χ0) is 14.5. The van der Waals surface area contributed by atoms with Crippen LogP contribution in [0.25, 0.3) is 4.91 Å². The first kappa shape index (κ1) is 14.7. The lowest BCUT2D eigenvalue weighted by Crippen LogP contribution is -2.00. The number of aryl methyl sites for hydroxylation is 1. The first-order valence-electron chi connectivity index (χ1n) is 6.02. The first-order chi connectivity index (χ1) is 9.58. The van der Waals surface area contributed by atoms with Crippen LogP contribution < -0.4 is 10.6 Å². The monoisotopic (exact) mass is 306 g/mol. The van der Waals surface area contributed by atoms with Crippen molar-refractivity contribution in [1.29, 1.82) is 0 Å². The van der Waals surface area contributed by atoms with Crippen molar-refractivity contribution in [3.63, 3.8) is 0 Å². The normalized spacial score (nSPS) is 11.3. The van der Waals surface area contributed by atoms with E-state index in [2.05, 4.69) is 33.2 Å². The molecule has 2 aromatic heterocycles. The molecule has 0 saturated heterocycles. The molecule has 0 atom stereocenters. The van der Waals surface area contributed by atoms with E-state index in [0.717, 1.165) is 16.2 Å². The summed E-state index contributed by atoms with van der Waals surface area (Å²) in [6.45, 7) is 2.00. The van der Waals surface area contributed by atoms with E-state index in [-0.39, 0.29) is 0 Å². The van der Waals surface area contributed by atoms with Crippen LogP contribution in [0.5, 0.6) is 0 Å². The summed E-state index contributed by atoms with van der Waals surface area (Å²) in [6, 6.07) is 7.37. The average Bonchev–Trinajstić information content (AvgIpc) is 2.38. The Balaban J connectivity index is 2.31. The van der Waals surface area contributed by atoms with Crippen molar-refractivity contribution < 1.29 is 0 Å². The van der Waals surface area contributed by atoms with E-state index in [4.69, 9.17) is 11.6 Å². The van der Waals surface area contributed by atoms with Gasteiger partial charge in [0, 0.05) is 29.4 Å². The summed E-state index contributed by atoms with van der Waals surface area (Å²) in [5.41, 5.74) is 1.86. The molecular formula is C14H15ClN4S. The second kappa shape index (κ2) is 6.63. The largest absolute Gasteiger partial charge is 0.393 e. The fraction of sp³-hybridized carbons (Fsp3) is 0.143. The van der Waals surface area contributed by atoms with Crippen LogP contribution in [0.3, 0.4) is 0 Å². The number of rotatable bonds is 4. The number of nitrogens with one attached hydrogen (secondary N) is 2. The first-order valence-corrected chi connectivity index (χ1v) is 6.85. The van der Waals surface area contributed by atoms with Gasteiger partial charge >= 0.3 is 0 Å². The van der Waals surface area contributed by atoms with Crippen LogP contribution in [0.2, 0.25) is 5.02 Å². The van der Waals surface area contributed by atoms with Gasteiger partial charge < -0.3 is 10.6 Å². The van der Waals surface area contributed by atoms with Gasteiger partial charge in [-0.25, -0.2) is 9.97 Å². The maximum Gasteiger partial charge on any atom is 0.132 e. The van der Waals surface area contributed by atoms with Gasteiger partial charge in [-0.1, -0.05) is 11.6 Å². The van der Waals surface area contributed by atoms with E-state index in [1.54, 1.807) is 24.5 Å². The summed E-state index contributed by atoms with van der Waals surface area (Å²) >= 11 is 10.3. The molecule has 2 heterocycles. The summed E-state index contributed by atoms with van der Waals surface area (Å²) in [5, 5.41) is 6.69. The highest BCUT2D eigenvalue weighted by molar-refractivity contribution is 7.90. The molecule has 0 bridgehead atoms. The number of anilines is 2. The molecular weight excluding hydrogens is 292 g/mol. The molecule has 0 saturated carbocycles. The molecule has 0 fully saturated rings. The minimum absolute atomic E-state index is 0.625. The molecule has 2 rings (SSSR count).